The van der Waals surface area contributed by atoms with E-state index in [9.17, 15) is 14.4 Å². The van der Waals surface area contributed by atoms with Crippen LogP contribution in [0.4, 0.5) is 5.95 Å². The Morgan fingerprint density at radius 3 is 2.36 bits per heavy atom. The molecule has 33 heavy (non-hydrogen) atoms. The van der Waals surface area contributed by atoms with E-state index in [1.807, 2.05) is 0 Å². The van der Waals surface area contributed by atoms with E-state index in [-0.39, 0.29) is 23.5 Å². The largest absolute Gasteiger partial charge is 0.493 e. The Morgan fingerprint density at radius 1 is 1.06 bits per heavy atom. The highest BCUT2D eigenvalue weighted by molar-refractivity contribution is 5.97. The quantitative estimate of drug-likeness (QED) is 0.520. The molecule has 0 saturated carbocycles. The SMILES string of the molecule is COc1ccc(C(=O)Cn2c(N3CCC(C)CC3)nc3c2c(=O)n(C)c(=O)n3C)cc1OC. The standard InChI is InChI=1S/C23H29N5O5/c1-14-8-10-27(11-9-14)22-24-20-19(21(30)26(3)23(31)25(20)2)28(22)13-16(29)15-6-7-17(32-4)18(12-15)33-5/h6-7,12,14H,8-11,13H2,1-5H3. The molecule has 176 valence electrons. The summed E-state index contributed by atoms with van der Waals surface area (Å²) in [5.74, 6) is 1.89. The molecule has 2 aromatic heterocycles. The van der Waals surface area contributed by atoms with Crippen molar-refractivity contribution in [1.29, 1.82) is 0 Å². The molecule has 3 heterocycles. The number of Topliss-reactive ketones (excluding diaryl/α,β-unsaturated/α-hetero) is 1. The van der Waals surface area contributed by atoms with Crippen LogP contribution >= 0.6 is 0 Å². The molecule has 3 aromatic rings. The molecule has 0 amide bonds. The topological polar surface area (TPSA) is 101 Å². The summed E-state index contributed by atoms with van der Waals surface area (Å²) in [6, 6.07) is 4.96. The van der Waals surface area contributed by atoms with Crippen LogP contribution in [0.15, 0.2) is 27.8 Å². The second-order valence-electron chi connectivity index (χ2n) is 8.54. The fourth-order valence-corrected chi connectivity index (χ4v) is 4.28. The molecule has 0 unspecified atom stereocenters. The Hall–Kier alpha value is -3.56. The summed E-state index contributed by atoms with van der Waals surface area (Å²) >= 11 is 0. The highest BCUT2D eigenvalue weighted by Crippen LogP contribution is 2.29. The van der Waals surface area contributed by atoms with E-state index >= 15 is 0 Å². The first-order valence-corrected chi connectivity index (χ1v) is 10.9. The van der Waals surface area contributed by atoms with Crippen molar-refractivity contribution in [3.8, 4) is 11.5 Å². The number of methoxy groups -OCH3 is 2. The molecule has 0 N–H and O–H groups in total. The number of ketones is 1. The van der Waals surface area contributed by atoms with Gasteiger partial charge in [0.25, 0.3) is 5.56 Å². The Balaban J connectivity index is 1.84. The van der Waals surface area contributed by atoms with Crippen molar-refractivity contribution in [2.75, 3.05) is 32.2 Å². The molecule has 0 aliphatic carbocycles. The molecule has 1 saturated heterocycles. The zero-order valence-corrected chi connectivity index (χ0v) is 19.6. The van der Waals surface area contributed by atoms with Gasteiger partial charge in [-0.3, -0.25) is 23.3 Å². The molecule has 0 radical (unpaired) electrons. The van der Waals surface area contributed by atoms with Gasteiger partial charge in [0.15, 0.2) is 28.4 Å². The van der Waals surface area contributed by atoms with Crippen LogP contribution in [0, 0.1) is 5.92 Å². The summed E-state index contributed by atoms with van der Waals surface area (Å²) in [6.07, 6.45) is 1.98. The van der Waals surface area contributed by atoms with Crippen LogP contribution in [0.2, 0.25) is 0 Å². The van der Waals surface area contributed by atoms with E-state index in [2.05, 4.69) is 16.8 Å². The third kappa shape index (κ3) is 3.90. The van der Waals surface area contributed by atoms with Gasteiger partial charge in [-0.25, -0.2) is 4.79 Å². The van der Waals surface area contributed by atoms with Gasteiger partial charge in [0.1, 0.15) is 0 Å². The first kappa shape index (κ1) is 22.6. The summed E-state index contributed by atoms with van der Waals surface area (Å²) in [4.78, 5) is 45.7. The molecule has 4 rings (SSSR count). The van der Waals surface area contributed by atoms with Crippen molar-refractivity contribution in [3.63, 3.8) is 0 Å². The minimum Gasteiger partial charge on any atom is -0.493 e. The third-order valence-electron chi connectivity index (χ3n) is 6.40. The lowest BCUT2D eigenvalue weighted by Gasteiger charge is -2.31. The summed E-state index contributed by atoms with van der Waals surface area (Å²) in [5, 5.41) is 0. The van der Waals surface area contributed by atoms with Gasteiger partial charge in [0.05, 0.1) is 20.8 Å². The number of piperidine rings is 1. The average Bonchev–Trinajstić information content (AvgIpc) is 3.20. The van der Waals surface area contributed by atoms with Crippen LogP contribution < -0.4 is 25.6 Å². The van der Waals surface area contributed by atoms with Crippen molar-refractivity contribution in [2.45, 2.75) is 26.3 Å². The number of nitrogens with zero attached hydrogens (tertiary/aromatic N) is 5. The minimum atomic E-state index is -0.475. The molecule has 1 aliphatic rings. The lowest BCUT2D eigenvalue weighted by molar-refractivity contribution is 0.0973. The predicted molar refractivity (Wildman–Crippen MR) is 125 cm³/mol. The number of benzene rings is 1. The summed E-state index contributed by atoms with van der Waals surface area (Å²) < 4.78 is 14.6. The lowest BCUT2D eigenvalue weighted by atomic mass is 10.00. The number of ether oxygens (including phenoxy) is 2. The monoisotopic (exact) mass is 455 g/mol. The Labute approximate surface area is 191 Å². The van der Waals surface area contributed by atoms with E-state index in [1.165, 1.54) is 25.8 Å². The second-order valence-corrected chi connectivity index (χ2v) is 8.54. The molecule has 0 atom stereocenters. The molecule has 10 heteroatoms. The van der Waals surface area contributed by atoms with Crippen molar-refractivity contribution < 1.29 is 14.3 Å². The molecule has 1 fully saturated rings. The van der Waals surface area contributed by atoms with E-state index in [0.29, 0.717) is 28.9 Å². The van der Waals surface area contributed by atoms with Crippen LogP contribution in [-0.4, -0.2) is 51.8 Å². The number of carbonyl (C=O) groups is 1. The first-order chi connectivity index (χ1) is 15.8. The Kier molecular flexibility index (Phi) is 6.01. The molecular weight excluding hydrogens is 426 g/mol. The van der Waals surface area contributed by atoms with Gasteiger partial charge in [-0.2, -0.15) is 4.98 Å². The van der Waals surface area contributed by atoms with E-state index < -0.39 is 11.2 Å². The number of rotatable bonds is 6. The number of imidazole rings is 1. The van der Waals surface area contributed by atoms with Crippen LogP contribution in [0.1, 0.15) is 30.1 Å². The third-order valence-corrected chi connectivity index (χ3v) is 6.40. The second kappa shape index (κ2) is 8.76. The maximum Gasteiger partial charge on any atom is 0.332 e. The number of anilines is 1. The number of fused-ring (bicyclic) bond motifs is 1. The summed E-state index contributed by atoms with van der Waals surface area (Å²) in [7, 11) is 6.05. The van der Waals surface area contributed by atoms with Crippen molar-refractivity contribution in [1.82, 2.24) is 18.7 Å². The highest BCUT2D eigenvalue weighted by Gasteiger charge is 2.26. The van der Waals surface area contributed by atoms with Crippen LogP contribution in [0.5, 0.6) is 11.5 Å². The van der Waals surface area contributed by atoms with Gasteiger partial charge in [0, 0.05) is 32.7 Å². The van der Waals surface area contributed by atoms with Gasteiger partial charge >= 0.3 is 5.69 Å². The summed E-state index contributed by atoms with van der Waals surface area (Å²) in [5.41, 5.74) is 0.00719. The number of aryl methyl sites for hydroxylation is 1. The fourth-order valence-electron chi connectivity index (χ4n) is 4.28. The van der Waals surface area contributed by atoms with Crippen LogP contribution in [0.25, 0.3) is 11.2 Å². The van der Waals surface area contributed by atoms with Crippen molar-refractivity contribution in [3.05, 3.63) is 44.6 Å². The molecule has 1 aliphatic heterocycles. The summed E-state index contributed by atoms with van der Waals surface area (Å²) in [6.45, 7) is 3.65. The van der Waals surface area contributed by atoms with Gasteiger partial charge < -0.3 is 14.4 Å². The number of hydrogen-bond donors (Lipinski definition) is 0. The van der Waals surface area contributed by atoms with Gasteiger partial charge in [-0.15, -0.1) is 0 Å². The fraction of sp³-hybridized carbons (Fsp3) is 0.478. The van der Waals surface area contributed by atoms with Crippen LogP contribution in [-0.2, 0) is 20.6 Å². The number of hydrogen-bond acceptors (Lipinski definition) is 7. The number of carbonyl (C=O) groups excluding carboxylic acids is 1. The Bertz CT molecular complexity index is 1330. The predicted octanol–water partition coefficient (Wildman–Crippen LogP) is 1.57. The maximum absolute atomic E-state index is 13.3. The highest BCUT2D eigenvalue weighted by atomic mass is 16.5. The Morgan fingerprint density at radius 2 is 1.73 bits per heavy atom. The van der Waals surface area contributed by atoms with E-state index in [4.69, 9.17) is 9.47 Å². The van der Waals surface area contributed by atoms with E-state index in [0.717, 1.165) is 30.5 Å². The molecule has 0 bridgehead atoms. The van der Waals surface area contributed by atoms with Gasteiger partial charge in [-0.1, -0.05) is 6.92 Å². The molecule has 0 spiro atoms. The zero-order valence-electron chi connectivity index (χ0n) is 19.6. The maximum atomic E-state index is 13.3. The minimum absolute atomic E-state index is 0.0964. The smallest absolute Gasteiger partial charge is 0.332 e. The van der Waals surface area contributed by atoms with Crippen molar-refractivity contribution >= 4 is 22.9 Å². The van der Waals surface area contributed by atoms with Gasteiger partial charge in [-0.05, 0) is 37.0 Å². The average molecular weight is 456 g/mol. The lowest BCUT2D eigenvalue weighted by Crippen LogP contribution is -2.38. The van der Waals surface area contributed by atoms with Crippen LogP contribution in [0.3, 0.4) is 0 Å². The first-order valence-electron chi connectivity index (χ1n) is 10.9. The zero-order chi connectivity index (χ0) is 23.9. The number of aromatic nitrogens is 4. The molecular formula is C23H29N5O5. The molecule has 1 aromatic carbocycles. The normalized spacial score (nSPS) is 14.6. The van der Waals surface area contributed by atoms with Gasteiger partial charge in [0.2, 0.25) is 5.95 Å². The van der Waals surface area contributed by atoms with E-state index in [1.54, 1.807) is 29.8 Å². The van der Waals surface area contributed by atoms with Crippen molar-refractivity contribution in [2.24, 2.45) is 20.0 Å². The molecule has 10 nitrogen and oxygen atoms in total.